The Morgan fingerprint density at radius 3 is 2.64 bits per heavy atom. The van der Waals surface area contributed by atoms with Crippen molar-refractivity contribution in [2.75, 3.05) is 18.0 Å². The number of nitrogens with zero attached hydrogens (tertiary/aromatic N) is 6. The van der Waals surface area contributed by atoms with Crippen molar-refractivity contribution in [2.24, 2.45) is 0 Å². The first-order valence-electron chi connectivity index (χ1n) is 12.8. The standard InChI is InChI=1S/C29H24N6O3S/c36-26(37)18-35-32-27(31-33-35)25-17-30-28(39-25)34-14-12-29(13-15-34)16-23(22-9-3-4-11-24(22)38-29)21-10-5-7-19-6-1-2-8-20(19)21/h1-11,16-17H,12-15,18H2,(H,36,37). The van der Waals surface area contributed by atoms with E-state index in [0.717, 1.165) is 52.0 Å². The minimum absolute atomic E-state index is 0.329. The van der Waals surface area contributed by atoms with E-state index in [1.54, 1.807) is 6.20 Å². The van der Waals surface area contributed by atoms with Gasteiger partial charge < -0.3 is 14.7 Å². The molecule has 9 nitrogen and oxygen atoms in total. The number of hydrogen-bond acceptors (Lipinski definition) is 8. The van der Waals surface area contributed by atoms with E-state index < -0.39 is 11.6 Å². The lowest BCUT2D eigenvalue weighted by Gasteiger charge is -2.43. The molecule has 4 heterocycles. The Bertz CT molecular complexity index is 1730. The highest BCUT2D eigenvalue weighted by Crippen LogP contribution is 2.45. The Hall–Kier alpha value is -4.57. The number of fused-ring (bicyclic) bond motifs is 2. The molecule has 0 amide bonds. The number of carboxylic acid groups (broad SMARTS) is 1. The van der Waals surface area contributed by atoms with Gasteiger partial charge in [-0.3, -0.25) is 4.79 Å². The van der Waals surface area contributed by atoms with Gasteiger partial charge >= 0.3 is 5.97 Å². The van der Waals surface area contributed by atoms with Crippen LogP contribution in [0.4, 0.5) is 5.13 Å². The number of benzene rings is 3. The second-order valence-corrected chi connectivity index (χ2v) is 10.8. The Morgan fingerprint density at radius 1 is 1.00 bits per heavy atom. The molecule has 1 saturated heterocycles. The van der Waals surface area contributed by atoms with Gasteiger partial charge in [0.25, 0.3) is 0 Å². The van der Waals surface area contributed by atoms with E-state index in [1.165, 1.54) is 33.2 Å². The number of carboxylic acids is 1. The van der Waals surface area contributed by atoms with Crippen molar-refractivity contribution in [2.45, 2.75) is 25.0 Å². The first-order valence-corrected chi connectivity index (χ1v) is 13.6. The number of aliphatic carboxylic acids is 1. The summed E-state index contributed by atoms with van der Waals surface area (Å²) in [5.41, 5.74) is 3.15. The maximum absolute atomic E-state index is 10.9. The summed E-state index contributed by atoms with van der Waals surface area (Å²) in [7, 11) is 0. The van der Waals surface area contributed by atoms with Crippen LogP contribution < -0.4 is 9.64 Å². The van der Waals surface area contributed by atoms with Gasteiger partial charge in [-0.25, -0.2) is 4.98 Å². The van der Waals surface area contributed by atoms with Crippen LogP contribution >= 0.6 is 11.3 Å². The first kappa shape index (κ1) is 23.5. The molecule has 194 valence electrons. The third-order valence-electron chi connectivity index (χ3n) is 7.30. The van der Waals surface area contributed by atoms with E-state index in [4.69, 9.17) is 9.84 Å². The largest absolute Gasteiger partial charge is 0.482 e. The molecule has 1 N–H and O–H groups in total. The lowest BCUT2D eigenvalue weighted by molar-refractivity contribution is -0.138. The Kier molecular flexibility index (Phi) is 5.62. The van der Waals surface area contributed by atoms with Gasteiger partial charge in [0.1, 0.15) is 11.4 Å². The van der Waals surface area contributed by atoms with Crippen molar-refractivity contribution in [3.8, 4) is 16.5 Å². The number of ether oxygens (including phenoxy) is 1. The van der Waals surface area contributed by atoms with Crippen LogP contribution in [0.3, 0.4) is 0 Å². The van der Waals surface area contributed by atoms with E-state index in [1.807, 2.05) is 6.07 Å². The molecule has 2 aliphatic rings. The summed E-state index contributed by atoms with van der Waals surface area (Å²) in [5.74, 6) is 0.281. The van der Waals surface area contributed by atoms with E-state index in [0.29, 0.717) is 5.82 Å². The molecule has 0 aliphatic carbocycles. The normalized spacial score (nSPS) is 16.1. The lowest BCUT2D eigenvalue weighted by atomic mass is 9.82. The SMILES string of the molecule is O=C(O)Cn1nnc(-c2cnc(N3CCC4(C=C(c5cccc6ccccc56)c5ccccc5O4)CC3)s2)n1. The zero-order valence-corrected chi connectivity index (χ0v) is 21.7. The van der Waals surface area contributed by atoms with E-state index in [9.17, 15) is 4.79 Å². The minimum Gasteiger partial charge on any atom is -0.482 e. The van der Waals surface area contributed by atoms with Gasteiger partial charge in [0.05, 0.1) is 11.1 Å². The first-order chi connectivity index (χ1) is 19.1. The molecule has 0 saturated carbocycles. The molecule has 0 atom stereocenters. The molecule has 39 heavy (non-hydrogen) atoms. The van der Waals surface area contributed by atoms with Crippen LogP contribution in [0, 0.1) is 0 Å². The van der Waals surface area contributed by atoms with Gasteiger partial charge in [0.2, 0.25) is 5.82 Å². The Balaban J connectivity index is 1.16. The van der Waals surface area contributed by atoms with Crippen molar-refractivity contribution in [3.63, 3.8) is 0 Å². The quantitative estimate of drug-likeness (QED) is 0.338. The number of carbonyl (C=O) groups is 1. The number of thiazole rings is 1. The molecule has 10 heteroatoms. The van der Waals surface area contributed by atoms with E-state index >= 15 is 0 Å². The number of rotatable bonds is 5. The predicted octanol–water partition coefficient (Wildman–Crippen LogP) is 4.90. The van der Waals surface area contributed by atoms with Crippen LogP contribution in [-0.4, -0.2) is 55.0 Å². The van der Waals surface area contributed by atoms with Crippen molar-refractivity contribution in [1.29, 1.82) is 0 Å². The summed E-state index contributed by atoms with van der Waals surface area (Å²) >= 11 is 1.48. The molecule has 7 rings (SSSR count). The fourth-order valence-electron chi connectivity index (χ4n) is 5.42. The molecule has 0 bridgehead atoms. The van der Waals surface area contributed by atoms with Crippen LogP contribution in [0.5, 0.6) is 5.75 Å². The molecular formula is C29H24N6O3S. The van der Waals surface area contributed by atoms with Crippen molar-refractivity contribution >= 4 is 38.8 Å². The number of aromatic nitrogens is 5. The second-order valence-electron chi connectivity index (χ2n) is 9.78. The monoisotopic (exact) mass is 536 g/mol. The molecule has 0 radical (unpaired) electrons. The summed E-state index contributed by atoms with van der Waals surface area (Å²) in [5, 5.41) is 24.3. The average Bonchev–Trinajstić information content (AvgIpc) is 3.63. The van der Waals surface area contributed by atoms with E-state index in [-0.39, 0.29) is 6.54 Å². The maximum atomic E-state index is 10.9. The highest BCUT2D eigenvalue weighted by molar-refractivity contribution is 7.18. The minimum atomic E-state index is -1.02. The zero-order valence-electron chi connectivity index (χ0n) is 20.9. The number of para-hydroxylation sites is 1. The molecule has 3 aromatic carbocycles. The zero-order chi connectivity index (χ0) is 26.4. The molecule has 2 aromatic heterocycles. The van der Waals surface area contributed by atoms with Crippen molar-refractivity contribution in [1.82, 2.24) is 25.2 Å². The molecule has 1 spiro atoms. The van der Waals surface area contributed by atoms with Crippen LogP contribution in [0.2, 0.25) is 0 Å². The summed E-state index contributed by atoms with van der Waals surface area (Å²) in [6.07, 6.45) is 5.69. The van der Waals surface area contributed by atoms with Crippen molar-refractivity contribution in [3.05, 3.63) is 90.1 Å². The van der Waals surface area contributed by atoms with Gasteiger partial charge in [0, 0.05) is 31.5 Å². The highest BCUT2D eigenvalue weighted by atomic mass is 32.1. The van der Waals surface area contributed by atoms with Crippen molar-refractivity contribution < 1.29 is 14.6 Å². The topological polar surface area (TPSA) is 106 Å². The Morgan fingerprint density at radius 2 is 1.77 bits per heavy atom. The number of anilines is 1. The highest BCUT2D eigenvalue weighted by Gasteiger charge is 2.39. The third-order valence-corrected chi connectivity index (χ3v) is 8.36. The summed E-state index contributed by atoms with van der Waals surface area (Å²) in [6, 6.07) is 23.3. The fraction of sp³-hybridized carbons (Fsp3) is 0.207. The Labute approximate surface area is 228 Å². The second kappa shape index (κ2) is 9.32. The van der Waals surface area contributed by atoms with Gasteiger partial charge in [-0.2, -0.15) is 4.80 Å². The number of piperidine rings is 1. The van der Waals surface area contributed by atoms with Crippen LogP contribution in [0.25, 0.3) is 27.0 Å². The van der Waals surface area contributed by atoms with Crippen LogP contribution in [-0.2, 0) is 11.3 Å². The molecule has 5 aromatic rings. The van der Waals surface area contributed by atoms with Gasteiger partial charge in [0.15, 0.2) is 11.7 Å². The fourth-order valence-corrected chi connectivity index (χ4v) is 6.31. The number of tetrazole rings is 1. The molecule has 0 unspecified atom stereocenters. The van der Waals surface area contributed by atoms with Crippen LogP contribution in [0.15, 0.2) is 79.0 Å². The predicted molar refractivity (Wildman–Crippen MR) is 149 cm³/mol. The maximum Gasteiger partial charge on any atom is 0.327 e. The summed E-state index contributed by atoms with van der Waals surface area (Å²) < 4.78 is 6.72. The van der Waals surface area contributed by atoms with Gasteiger partial charge in [-0.15, -0.1) is 10.2 Å². The third kappa shape index (κ3) is 4.32. The summed E-state index contributed by atoms with van der Waals surface area (Å²) in [4.78, 5) is 19.6. The molecular weight excluding hydrogens is 512 g/mol. The molecule has 1 fully saturated rings. The lowest BCUT2D eigenvalue weighted by Crippen LogP contribution is -2.48. The average molecular weight is 537 g/mol. The van der Waals surface area contributed by atoms with Crippen LogP contribution in [0.1, 0.15) is 24.0 Å². The number of hydrogen-bond donors (Lipinski definition) is 1. The van der Waals surface area contributed by atoms with Gasteiger partial charge in [-0.05, 0) is 39.3 Å². The van der Waals surface area contributed by atoms with Gasteiger partial charge in [-0.1, -0.05) is 72.0 Å². The summed E-state index contributed by atoms with van der Waals surface area (Å²) in [6.45, 7) is 1.24. The smallest absolute Gasteiger partial charge is 0.327 e. The van der Waals surface area contributed by atoms with E-state index in [2.05, 4.69) is 92.0 Å². The molecule has 2 aliphatic heterocycles.